The molecule has 1 heterocycles. The van der Waals surface area contributed by atoms with Crippen LogP contribution in [0.25, 0.3) is 0 Å². The zero-order valence-corrected chi connectivity index (χ0v) is 10.2. The first kappa shape index (κ1) is 14.1. The van der Waals surface area contributed by atoms with Gasteiger partial charge in [-0.15, -0.1) is 0 Å². The summed E-state index contributed by atoms with van der Waals surface area (Å²) >= 11 is 0. The van der Waals surface area contributed by atoms with E-state index in [4.69, 9.17) is 0 Å². The van der Waals surface area contributed by atoms with E-state index in [1.165, 1.54) is 0 Å². The third-order valence-corrected chi connectivity index (χ3v) is 2.76. The van der Waals surface area contributed by atoms with Gasteiger partial charge in [0.25, 0.3) is 0 Å². The van der Waals surface area contributed by atoms with Gasteiger partial charge in [-0.25, -0.2) is 0 Å². The SMILES string of the molecule is CCCC(NC)c1ccn(CCC(F)(F)F)c1. The first-order valence-electron chi connectivity index (χ1n) is 5.86. The molecule has 0 spiro atoms. The lowest BCUT2D eigenvalue weighted by Gasteiger charge is -2.13. The van der Waals surface area contributed by atoms with Crippen LogP contribution in [-0.4, -0.2) is 17.8 Å². The first-order valence-corrected chi connectivity index (χ1v) is 5.86. The number of halogens is 3. The summed E-state index contributed by atoms with van der Waals surface area (Å²) in [7, 11) is 1.87. The van der Waals surface area contributed by atoms with Gasteiger partial charge in [0.2, 0.25) is 0 Å². The average Bonchev–Trinajstić information content (AvgIpc) is 2.70. The fraction of sp³-hybridized carbons (Fsp3) is 0.667. The van der Waals surface area contributed by atoms with Crippen molar-refractivity contribution >= 4 is 0 Å². The number of aryl methyl sites for hydroxylation is 1. The Kier molecular flexibility index (Phi) is 5.05. The molecule has 0 amide bonds. The summed E-state index contributed by atoms with van der Waals surface area (Å²) in [5.74, 6) is 0. The van der Waals surface area contributed by atoms with Crippen molar-refractivity contribution in [2.24, 2.45) is 0 Å². The molecule has 0 aliphatic heterocycles. The average molecular weight is 248 g/mol. The van der Waals surface area contributed by atoms with Crippen molar-refractivity contribution in [1.29, 1.82) is 0 Å². The molecule has 1 rings (SSSR count). The maximum atomic E-state index is 12.1. The van der Waals surface area contributed by atoms with E-state index in [-0.39, 0.29) is 12.6 Å². The number of nitrogens with one attached hydrogen (secondary N) is 1. The summed E-state index contributed by atoms with van der Waals surface area (Å²) in [4.78, 5) is 0. The minimum Gasteiger partial charge on any atom is -0.354 e. The molecule has 0 radical (unpaired) electrons. The first-order chi connectivity index (χ1) is 7.96. The van der Waals surface area contributed by atoms with Crippen LogP contribution >= 0.6 is 0 Å². The topological polar surface area (TPSA) is 17.0 Å². The number of hydrogen-bond donors (Lipinski definition) is 1. The molecule has 5 heteroatoms. The van der Waals surface area contributed by atoms with E-state index >= 15 is 0 Å². The van der Waals surface area contributed by atoms with Crippen LogP contribution in [0.3, 0.4) is 0 Å². The fourth-order valence-corrected chi connectivity index (χ4v) is 1.83. The maximum Gasteiger partial charge on any atom is 0.390 e. The number of aromatic nitrogens is 1. The molecule has 1 N–H and O–H groups in total. The van der Waals surface area contributed by atoms with Crippen LogP contribution in [0.15, 0.2) is 18.5 Å². The van der Waals surface area contributed by atoms with E-state index in [1.54, 1.807) is 17.0 Å². The van der Waals surface area contributed by atoms with Gasteiger partial charge in [-0.1, -0.05) is 13.3 Å². The molecular weight excluding hydrogens is 229 g/mol. The Morgan fingerprint density at radius 1 is 1.41 bits per heavy atom. The summed E-state index contributed by atoms with van der Waals surface area (Å²) in [5.41, 5.74) is 1.05. The zero-order chi connectivity index (χ0) is 12.9. The highest BCUT2D eigenvalue weighted by atomic mass is 19.4. The van der Waals surface area contributed by atoms with Gasteiger partial charge < -0.3 is 9.88 Å². The Labute approximate surface area is 99.8 Å². The molecule has 1 unspecified atom stereocenters. The van der Waals surface area contributed by atoms with E-state index in [0.29, 0.717) is 0 Å². The minimum atomic E-state index is -4.09. The Morgan fingerprint density at radius 3 is 2.65 bits per heavy atom. The van der Waals surface area contributed by atoms with Crippen molar-refractivity contribution in [3.63, 3.8) is 0 Å². The standard InChI is InChI=1S/C12H19F3N2/c1-3-4-11(16-2)10-5-7-17(9-10)8-6-12(13,14)15/h5,7,9,11,16H,3-4,6,8H2,1-2H3. The summed E-state index contributed by atoms with van der Waals surface area (Å²) < 4.78 is 37.8. The molecule has 0 aliphatic rings. The highest BCUT2D eigenvalue weighted by molar-refractivity contribution is 5.15. The molecule has 0 aromatic carbocycles. The second-order valence-corrected chi connectivity index (χ2v) is 4.18. The summed E-state index contributed by atoms with van der Waals surface area (Å²) in [6.45, 7) is 2.08. The van der Waals surface area contributed by atoms with Gasteiger partial charge in [0.05, 0.1) is 6.42 Å². The maximum absolute atomic E-state index is 12.1. The van der Waals surface area contributed by atoms with E-state index in [2.05, 4.69) is 12.2 Å². The lowest BCUT2D eigenvalue weighted by molar-refractivity contribution is -0.136. The Bertz CT molecular complexity index is 331. The van der Waals surface area contributed by atoms with Crippen LogP contribution in [0.2, 0.25) is 0 Å². The van der Waals surface area contributed by atoms with Crippen molar-refractivity contribution in [2.45, 2.75) is 44.9 Å². The molecule has 1 atom stereocenters. The van der Waals surface area contributed by atoms with Gasteiger partial charge in [-0.2, -0.15) is 13.2 Å². The smallest absolute Gasteiger partial charge is 0.354 e. The largest absolute Gasteiger partial charge is 0.390 e. The van der Waals surface area contributed by atoms with Crippen molar-refractivity contribution in [2.75, 3.05) is 7.05 Å². The Morgan fingerprint density at radius 2 is 2.12 bits per heavy atom. The van der Waals surface area contributed by atoms with E-state index in [9.17, 15) is 13.2 Å². The summed E-state index contributed by atoms with van der Waals surface area (Å²) in [6.07, 6.45) is 0.665. The van der Waals surface area contributed by atoms with Crippen molar-refractivity contribution < 1.29 is 13.2 Å². The van der Waals surface area contributed by atoms with Crippen molar-refractivity contribution in [1.82, 2.24) is 9.88 Å². The predicted octanol–water partition coefficient (Wildman–Crippen LogP) is 3.50. The zero-order valence-electron chi connectivity index (χ0n) is 10.2. The van der Waals surface area contributed by atoms with Gasteiger partial charge in [0.15, 0.2) is 0 Å². The lowest BCUT2D eigenvalue weighted by Crippen LogP contribution is -2.15. The number of alkyl halides is 3. The van der Waals surface area contributed by atoms with Crippen molar-refractivity contribution in [3.05, 3.63) is 24.0 Å². The second kappa shape index (κ2) is 6.10. The van der Waals surface area contributed by atoms with Gasteiger partial charge >= 0.3 is 6.18 Å². The number of hydrogen-bond acceptors (Lipinski definition) is 1. The Balaban J connectivity index is 2.58. The molecule has 17 heavy (non-hydrogen) atoms. The van der Waals surface area contributed by atoms with E-state index in [0.717, 1.165) is 18.4 Å². The summed E-state index contributed by atoms with van der Waals surface area (Å²) in [5, 5.41) is 3.17. The second-order valence-electron chi connectivity index (χ2n) is 4.18. The van der Waals surface area contributed by atoms with Crippen LogP contribution < -0.4 is 5.32 Å². The third kappa shape index (κ3) is 4.81. The van der Waals surface area contributed by atoms with E-state index in [1.807, 2.05) is 13.1 Å². The van der Waals surface area contributed by atoms with Crippen LogP contribution in [0.1, 0.15) is 37.8 Å². The number of nitrogens with zero attached hydrogens (tertiary/aromatic N) is 1. The van der Waals surface area contributed by atoms with Crippen LogP contribution in [-0.2, 0) is 6.54 Å². The molecule has 0 saturated heterocycles. The lowest BCUT2D eigenvalue weighted by atomic mass is 10.1. The highest BCUT2D eigenvalue weighted by Crippen LogP contribution is 2.22. The third-order valence-electron chi connectivity index (χ3n) is 2.76. The normalized spacial score (nSPS) is 13.9. The van der Waals surface area contributed by atoms with Crippen molar-refractivity contribution in [3.8, 4) is 0 Å². The van der Waals surface area contributed by atoms with Crippen LogP contribution in [0, 0.1) is 0 Å². The fourth-order valence-electron chi connectivity index (χ4n) is 1.83. The molecule has 0 bridgehead atoms. The molecule has 2 nitrogen and oxygen atoms in total. The molecule has 0 saturated carbocycles. The van der Waals surface area contributed by atoms with Crippen LogP contribution in [0.5, 0.6) is 0 Å². The minimum absolute atomic E-state index is 0.00788. The Hall–Kier alpha value is -0.970. The van der Waals surface area contributed by atoms with Gasteiger partial charge in [0, 0.05) is 25.0 Å². The monoisotopic (exact) mass is 248 g/mol. The quantitative estimate of drug-likeness (QED) is 0.815. The molecular formula is C12H19F3N2. The molecule has 0 aliphatic carbocycles. The molecule has 0 fully saturated rings. The van der Waals surface area contributed by atoms with Gasteiger partial charge in [-0.3, -0.25) is 0 Å². The number of rotatable bonds is 6. The molecule has 1 aromatic rings. The predicted molar refractivity (Wildman–Crippen MR) is 61.8 cm³/mol. The molecule has 1 aromatic heterocycles. The van der Waals surface area contributed by atoms with Gasteiger partial charge in [0.1, 0.15) is 0 Å². The summed E-state index contributed by atoms with van der Waals surface area (Å²) in [6, 6.07) is 2.11. The molecule has 98 valence electrons. The van der Waals surface area contributed by atoms with Crippen LogP contribution in [0.4, 0.5) is 13.2 Å². The van der Waals surface area contributed by atoms with Gasteiger partial charge in [-0.05, 0) is 25.1 Å². The highest BCUT2D eigenvalue weighted by Gasteiger charge is 2.26. The van der Waals surface area contributed by atoms with E-state index < -0.39 is 12.6 Å².